The van der Waals surface area contributed by atoms with Gasteiger partial charge in [-0.2, -0.15) is 0 Å². The van der Waals surface area contributed by atoms with Gasteiger partial charge in [0.15, 0.2) is 0 Å². The fourth-order valence-corrected chi connectivity index (χ4v) is 7.12. The molecular formula is C25H16O6S2. The van der Waals surface area contributed by atoms with Gasteiger partial charge in [0.05, 0.1) is 9.79 Å². The Labute approximate surface area is 190 Å². The van der Waals surface area contributed by atoms with Crippen molar-refractivity contribution in [1.82, 2.24) is 0 Å². The highest BCUT2D eigenvalue weighted by Gasteiger charge is 2.39. The fourth-order valence-electron chi connectivity index (χ4n) is 3.95. The molecule has 0 amide bonds. The van der Waals surface area contributed by atoms with Gasteiger partial charge in [0, 0.05) is 11.1 Å². The standard InChI is InChI=1S/C25H16O6S2/c26-24-18-10-4-6-12-20(18)32(28,29)22(24)14-17(16-8-2-1-3-9-16)15-23-25(27)19-11-5-7-13-21(19)33(23,30)31/h1-15,26H. The number of rotatable bonds is 3. The van der Waals surface area contributed by atoms with E-state index in [1.165, 1.54) is 42.5 Å². The Hall–Kier alpha value is -3.75. The van der Waals surface area contributed by atoms with Gasteiger partial charge >= 0.3 is 0 Å². The Morgan fingerprint density at radius 2 is 1.24 bits per heavy atom. The van der Waals surface area contributed by atoms with Crippen molar-refractivity contribution in [3.8, 4) is 0 Å². The molecule has 0 aromatic heterocycles. The molecule has 3 aromatic carbocycles. The summed E-state index contributed by atoms with van der Waals surface area (Å²) >= 11 is 0. The molecule has 6 nitrogen and oxygen atoms in total. The summed E-state index contributed by atoms with van der Waals surface area (Å²) < 4.78 is 52.3. The molecule has 0 atom stereocenters. The summed E-state index contributed by atoms with van der Waals surface area (Å²) in [4.78, 5) is 12.0. The van der Waals surface area contributed by atoms with Crippen LogP contribution in [-0.2, 0) is 19.7 Å². The van der Waals surface area contributed by atoms with E-state index < -0.39 is 36.1 Å². The molecule has 0 bridgehead atoms. The number of hydrogen-bond donors (Lipinski definition) is 1. The Balaban J connectivity index is 1.75. The van der Waals surface area contributed by atoms with Gasteiger partial charge in [-0.15, -0.1) is 0 Å². The second kappa shape index (κ2) is 7.40. The molecule has 0 saturated heterocycles. The lowest BCUT2D eigenvalue weighted by Crippen LogP contribution is -2.04. The predicted octanol–water partition coefficient (Wildman–Crippen LogP) is 4.34. The molecule has 33 heavy (non-hydrogen) atoms. The summed E-state index contributed by atoms with van der Waals surface area (Å²) in [5.41, 5.74) is 0.878. The first kappa shape index (κ1) is 21.1. The molecule has 0 radical (unpaired) electrons. The zero-order valence-corrected chi connectivity index (χ0v) is 18.6. The van der Waals surface area contributed by atoms with Gasteiger partial charge in [-0.3, -0.25) is 4.79 Å². The normalized spacial score (nSPS) is 19.6. The zero-order chi connectivity index (χ0) is 23.4. The van der Waals surface area contributed by atoms with E-state index in [0.717, 1.165) is 0 Å². The maximum atomic E-state index is 13.1. The average molecular weight is 477 g/mol. The number of Topliss-reactive ketones (excluding diaryl/α,β-unsaturated/α-hetero) is 1. The van der Waals surface area contributed by atoms with Crippen molar-refractivity contribution in [3.05, 3.63) is 118 Å². The average Bonchev–Trinajstić information content (AvgIpc) is 3.13. The molecule has 2 heterocycles. The first-order valence-corrected chi connectivity index (χ1v) is 12.8. The van der Waals surface area contributed by atoms with E-state index in [4.69, 9.17) is 0 Å². The van der Waals surface area contributed by atoms with E-state index in [-0.39, 0.29) is 31.4 Å². The van der Waals surface area contributed by atoms with Gasteiger partial charge in [0.25, 0.3) is 0 Å². The van der Waals surface area contributed by atoms with Gasteiger partial charge in [-0.05, 0) is 47.6 Å². The topological polar surface area (TPSA) is 106 Å². The molecule has 0 spiro atoms. The lowest BCUT2D eigenvalue weighted by molar-refractivity contribution is 0.104. The van der Waals surface area contributed by atoms with E-state index >= 15 is 0 Å². The van der Waals surface area contributed by atoms with Crippen LogP contribution >= 0.6 is 0 Å². The van der Waals surface area contributed by atoms with Crippen molar-refractivity contribution in [2.24, 2.45) is 0 Å². The van der Waals surface area contributed by atoms with E-state index in [2.05, 4.69) is 0 Å². The number of aliphatic hydroxyl groups excluding tert-OH is 1. The minimum Gasteiger partial charge on any atom is -0.506 e. The summed E-state index contributed by atoms with van der Waals surface area (Å²) in [5.74, 6) is -1.09. The second-order valence-electron chi connectivity index (χ2n) is 7.52. The molecule has 1 N–H and O–H groups in total. The number of carbonyl (C=O) groups is 1. The van der Waals surface area contributed by atoms with Gasteiger partial charge in [0.2, 0.25) is 25.5 Å². The van der Waals surface area contributed by atoms with Crippen molar-refractivity contribution in [2.45, 2.75) is 9.79 Å². The van der Waals surface area contributed by atoms with E-state index in [9.17, 15) is 26.7 Å². The minimum atomic E-state index is -4.09. The van der Waals surface area contributed by atoms with Crippen LogP contribution in [0.25, 0.3) is 11.3 Å². The van der Waals surface area contributed by atoms with E-state index in [0.29, 0.717) is 5.56 Å². The molecule has 0 fully saturated rings. The number of aliphatic hydroxyl groups is 1. The van der Waals surface area contributed by atoms with Crippen molar-refractivity contribution >= 4 is 36.8 Å². The highest BCUT2D eigenvalue weighted by atomic mass is 32.2. The molecule has 8 heteroatoms. The first-order valence-electron chi connectivity index (χ1n) is 9.88. The Morgan fingerprint density at radius 1 is 0.697 bits per heavy atom. The van der Waals surface area contributed by atoms with Gasteiger partial charge in [0.1, 0.15) is 15.6 Å². The van der Waals surface area contributed by atoms with Crippen LogP contribution < -0.4 is 0 Å². The summed E-state index contributed by atoms with van der Waals surface area (Å²) in [6, 6.07) is 20.4. The molecule has 2 aliphatic heterocycles. The van der Waals surface area contributed by atoms with Gasteiger partial charge in [-0.1, -0.05) is 54.6 Å². The second-order valence-corrected chi connectivity index (χ2v) is 11.3. The maximum absolute atomic E-state index is 13.1. The molecular weight excluding hydrogens is 460 g/mol. The highest BCUT2D eigenvalue weighted by molar-refractivity contribution is 7.97. The number of sulfone groups is 2. The third kappa shape index (κ3) is 3.18. The van der Waals surface area contributed by atoms with Crippen LogP contribution in [0.15, 0.2) is 111 Å². The van der Waals surface area contributed by atoms with Crippen LogP contribution in [0.2, 0.25) is 0 Å². The van der Waals surface area contributed by atoms with Crippen LogP contribution in [0, 0.1) is 0 Å². The number of carbonyl (C=O) groups excluding carboxylic acids is 1. The lowest BCUT2D eigenvalue weighted by atomic mass is 10.0. The van der Waals surface area contributed by atoms with E-state index in [1.807, 2.05) is 0 Å². The molecule has 5 rings (SSSR count). The third-order valence-electron chi connectivity index (χ3n) is 5.57. The number of ketones is 1. The molecule has 2 aliphatic rings. The van der Waals surface area contributed by atoms with Crippen LogP contribution in [0.3, 0.4) is 0 Å². The smallest absolute Gasteiger partial charge is 0.211 e. The summed E-state index contributed by atoms with van der Waals surface area (Å²) in [6.07, 6.45) is 2.38. The molecule has 164 valence electrons. The van der Waals surface area contributed by atoms with Crippen molar-refractivity contribution < 1.29 is 26.7 Å². The van der Waals surface area contributed by atoms with Crippen LogP contribution in [0.5, 0.6) is 0 Å². The van der Waals surface area contributed by atoms with E-state index in [1.54, 1.807) is 48.5 Å². The van der Waals surface area contributed by atoms with Crippen LogP contribution in [0.4, 0.5) is 0 Å². The monoisotopic (exact) mass is 476 g/mol. The van der Waals surface area contributed by atoms with Crippen molar-refractivity contribution in [3.63, 3.8) is 0 Å². The Morgan fingerprint density at radius 3 is 1.85 bits per heavy atom. The number of fused-ring (bicyclic) bond motifs is 2. The molecule has 0 aliphatic carbocycles. The Bertz CT molecular complexity index is 1640. The summed E-state index contributed by atoms with van der Waals surface area (Å²) in [5, 5.41) is 10.7. The molecule has 0 unspecified atom stereocenters. The van der Waals surface area contributed by atoms with Crippen LogP contribution in [-0.4, -0.2) is 27.7 Å². The highest BCUT2D eigenvalue weighted by Crippen LogP contribution is 2.41. The van der Waals surface area contributed by atoms with Gasteiger partial charge < -0.3 is 5.11 Å². The number of benzene rings is 3. The number of hydrogen-bond acceptors (Lipinski definition) is 6. The third-order valence-corrected chi connectivity index (χ3v) is 9.21. The Kier molecular flexibility index (Phi) is 4.73. The summed E-state index contributed by atoms with van der Waals surface area (Å²) in [7, 11) is -8.12. The predicted molar refractivity (Wildman–Crippen MR) is 124 cm³/mol. The lowest BCUT2D eigenvalue weighted by Gasteiger charge is -2.06. The van der Waals surface area contributed by atoms with Crippen molar-refractivity contribution in [2.75, 3.05) is 0 Å². The largest absolute Gasteiger partial charge is 0.506 e. The van der Waals surface area contributed by atoms with Crippen molar-refractivity contribution in [1.29, 1.82) is 0 Å². The van der Waals surface area contributed by atoms with Crippen LogP contribution in [0.1, 0.15) is 21.5 Å². The molecule has 3 aromatic rings. The molecule has 0 saturated carbocycles. The first-order chi connectivity index (χ1) is 15.7. The quantitative estimate of drug-likeness (QED) is 0.564. The number of allylic oxidation sites excluding steroid dienone is 4. The zero-order valence-electron chi connectivity index (χ0n) is 17.0. The summed E-state index contributed by atoms with van der Waals surface area (Å²) in [6.45, 7) is 0. The maximum Gasteiger partial charge on any atom is 0.211 e. The SMILES string of the molecule is O=C1C(=CC(=CC2=C(O)c3ccccc3S2(=O)=O)c2ccccc2)S(=O)(=O)c2ccccc21. The minimum absolute atomic E-state index is 0.0363. The van der Waals surface area contributed by atoms with Gasteiger partial charge in [-0.25, -0.2) is 16.8 Å². The fraction of sp³-hybridized carbons (Fsp3) is 0.